The summed E-state index contributed by atoms with van der Waals surface area (Å²) in [4.78, 5) is 21.3. The van der Waals surface area contributed by atoms with Crippen molar-refractivity contribution in [3.05, 3.63) is 11.6 Å². The first-order chi connectivity index (χ1) is 13.1. The van der Waals surface area contributed by atoms with Crippen LogP contribution in [0.4, 0.5) is 0 Å². The Hall–Kier alpha value is -0.550. The van der Waals surface area contributed by atoms with Crippen molar-refractivity contribution in [1.82, 2.24) is 20.9 Å². The summed E-state index contributed by atoms with van der Waals surface area (Å²) >= 11 is 3.47. The standard InChI is InChI=1S/C19H33N5OS2.HI/c1-4-20-18(21-9-6-11-26-19-22-10-12-27-19)24-16-8-5-7-15(13-16)17(25)23-14(2)3;/h10,12,14-16H,4-9,11,13H2,1-3H3,(H,23,25)(H2,20,21,24);1H. The van der Waals surface area contributed by atoms with E-state index in [-0.39, 0.29) is 41.8 Å². The van der Waals surface area contributed by atoms with Crippen LogP contribution in [0, 0.1) is 5.92 Å². The lowest BCUT2D eigenvalue weighted by Gasteiger charge is -2.30. The maximum atomic E-state index is 12.3. The fourth-order valence-corrected chi connectivity index (χ4v) is 4.80. The number of halogens is 1. The number of rotatable bonds is 9. The number of carbonyl (C=O) groups excluding carboxylic acids is 1. The number of hydrogen-bond acceptors (Lipinski definition) is 5. The van der Waals surface area contributed by atoms with Crippen LogP contribution in [0.3, 0.4) is 0 Å². The van der Waals surface area contributed by atoms with E-state index < -0.39 is 0 Å². The molecule has 1 fully saturated rings. The van der Waals surface area contributed by atoms with Gasteiger partial charge in [-0.1, -0.05) is 18.2 Å². The van der Waals surface area contributed by atoms with Gasteiger partial charge in [0.05, 0.1) is 0 Å². The molecule has 1 saturated carbocycles. The Bertz CT molecular complexity index is 583. The molecule has 0 aliphatic heterocycles. The maximum absolute atomic E-state index is 12.3. The third kappa shape index (κ3) is 9.78. The second-order valence-electron chi connectivity index (χ2n) is 7.13. The van der Waals surface area contributed by atoms with Crippen LogP contribution >= 0.6 is 47.1 Å². The number of guanidine groups is 1. The molecule has 160 valence electrons. The molecular formula is C19H34IN5OS2. The normalized spacial score (nSPS) is 19.8. The molecule has 1 aliphatic carbocycles. The van der Waals surface area contributed by atoms with E-state index in [1.54, 1.807) is 23.1 Å². The molecule has 0 aromatic carbocycles. The first-order valence-corrected chi connectivity index (χ1v) is 11.8. The van der Waals surface area contributed by atoms with E-state index in [0.29, 0.717) is 6.04 Å². The van der Waals surface area contributed by atoms with Gasteiger partial charge in [0.2, 0.25) is 5.91 Å². The number of aromatic nitrogens is 1. The molecule has 2 atom stereocenters. The molecule has 2 unspecified atom stereocenters. The van der Waals surface area contributed by atoms with Crippen molar-refractivity contribution < 1.29 is 4.79 Å². The number of thiazole rings is 1. The number of thioether (sulfide) groups is 1. The van der Waals surface area contributed by atoms with Gasteiger partial charge in [-0.05, 0) is 46.5 Å². The zero-order valence-corrected chi connectivity index (χ0v) is 21.0. The molecule has 1 aromatic rings. The number of carbonyl (C=O) groups is 1. The summed E-state index contributed by atoms with van der Waals surface area (Å²) < 4.78 is 1.12. The Morgan fingerprint density at radius 3 is 2.93 bits per heavy atom. The summed E-state index contributed by atoms with van der Waals surface area (Å²) in [6.45, 7) is 7.73. The topological polar surface area (TPSA) is 78.4 Å². The van der Waals surface area contributed by atoms with Gasteiger partial charge < -0.3 is 16.0 Å². The highest BCUT2D eigenvalue weighted by Gasteiger charge is 2.27. The van der Waals surface area contributed by atoms with Crippen molar-refractivity contribution in [2.75, 3.05) is 18.8 Å². The van der Waals surface area contributed by atoms with Crippen LogP contribution in [0.15, 0.2) is 20.9 Å². The van der Waals surface area contributed by atoms with Crippen molar-refractivity contribution in [3.63, 3.8) is 0 Å². The average Bonchev–Trinajstić information content (AvgIpc) is 3.14. The lowest BCUT2D eigenvalue weighted by Crippen LogP contribution is -2.47. The van der Waals surface area contributed by atoms with Gasteiger partial charge in [0.1, 0.15) is 4.34 Å². The van der Waals surface area contributed by atoms with E-state index in [4.69, 9.17) is 4.99 Å². The van der Waals surface area contributed by atoms with Crippen LogP contribution < -0.4 is 16.0 Å². The Kier molecular flexibility index (Phi) is 13.1. The van der Waals surface area contributed by atoms with Crippen LogP contribution in [0.25, 0.3) is 0 Å². The van der Waals surface area contributed by atoms with Gasteiger partial charge in [0, 0.05) is 48.4 Å². The van der Waals surface area contributed by atoms with Crippen molar-refractivity contribution >= 4 is 58.9 Å². The summed E-state index contributed by atoms with van der Waals surface area (Å²) in [7, 11) is 0. The highest BCUT2D eigenvalue weighted by Crippen LogP contribution is 2.24. The van der Waals surface area contributed by atoms with Gasteiger partial charge in [-0.25, -0.2) is 4.98 Å². The van der Waals surface area contributed by atoms with E-state index in [1.807, 2.05) is 25.4 Å². The summed E-state index contributed by atoms with van der Waals surface area (Å²) in [5.74, 6) is 2.19. The van der Waals surface area contributed by atoms with Crippen molar-refractivity contribution in [1.29, 1.82) is 0 Å². The third-order valence-electron chi connectivity index (χ3n) is 4.37. The van der Waals surface area contributed by atoms with Crippen LogP contribution in [0.5, 0.6) is 0 Å². The monoisotopic (exact) mass is 539 g/mol. The van der Waals surface area contributed by atoms with Gasteiger partial charge in [-0.3, -0.25) is 9.79 Å². The number of amides is 1. The number of hydrogen-bond donors (Lipinski definition) is 3. The van der Waals surface area contributed by atoms with E-state index in [2.05, 4.69) is 27.9 Å². The molecule has 0 saturated heterocycles. The second kappa shape index (κ2) is 14.4. The maximum Gasteiger partial charge on any atom is 0.223 e. The first-order valence-electron chi connectivity index (χ1n) is 9.96. The van der Waals surface area contributed by atoms with Crippen LogP contribution in [-0.2, 0) is 4.79 Å². The van der Waals surface area contributed by atoms with E-state index >= 15 is 0 Å². The summed E-state index contributed by atoms with van der Waals surface area (Å²) in [6.07, 6.45) is 6.90. The molecule has 2 rings (SSSR count). The van der Waals surface area contributed by atoms with Crippen LogP contribution in [0.1, 0.15) is 52.9 Å². The van der Waals surface area contributed by atoms with Crippen molar-refractivity contribution in [3.8, 4) is 0 Å². The van der Waals surface area contributed by atoms with Gasteiger partial charge >= 0.3 is 0 Å². The number of nitrogens with zero attached hydrogens (tertiary/aromatic N) is 2. The minimum absolute atomic E-state index is 0. The lowest BCUT2D eigenvalue weighted by molar-refractivity contribution is -0.126. The summed E-state index contributed by atoms with van der Waals surface area (Å²) in [5.41, 5.74) is 0. The Labute approximate surface area is 194 Å². The predicted molar refractivity (Wildman–Crippen MR) is 131 cm³/mol. The molecule has 6 nitrogen and oxygen atoms in total. The zero-order chi connectivity index (χ0) is 19.5. The zero-order valence-electron chi connectivity index (χ0n) is 17.1. The van der Waals surface area contributed by atoms with Crippen LogP contribution in [-0.4, -0.2) is 47.8 Å². The molecule has 1 aliphatic rings. The SMILES string of the molecule is CCNC(=NCCCSc1nccs1)NC1CCCC(C(=O)NC(C)C)C1.I. The Morgan fingerprint density at radius 1 is 1.43 bits per heavy atom. The fraction of sp³-hybridized carbons (Fsp3) is 0.737. The highest BCUT2D eigenvalue weighted by molar-refractivity contribution is 14.0. The fourth-order valence-electron chi connectivity index (χ4n) is 3.17. The predicted octanol–water partition coefficient (Wildman–Crippen LogP) is 3.88. The molecule has 0 radical (unpaired) electrons. The minimum Gasteiger partial charge on any atom is -0.357 e. The Balaban J connectivity index is 0.00000392. The van der Waals surface area contributed by atoms with Gasteiger partial charge in [-0.15, -0.1) is 35.3 Å². The summed E-state index contributed by atoms with van der Waals surface area (Å²) in [6, 6.07) is 0.510. The molecular weight excluding hydrogens is 505 g/mol. The largest absolute Gasteiger partial charge is 0.357 e. The van der Waals surface area contributed by atoms with Crippen molar-refractivity contribution in [2.24, 2.45) is 10.9 Å². The van der Waals surface area contributed by atoms with E-state index in [9.17, 15) is 4.79 Å². The van der Waals surface area contributed by atoms with Gasteiger partial charge in [0.15, 0.2) is 5.96 Å². The summed E-state index contributed by atoms with van der Waals surface area (Å²) in [5, 5.41) is 11.9. The van der Waals surface area contributed by atoms with Crippen LogP contribution in [0.2, 0.25) is 0 Å². The van der Waals surface area contributed by atoms with E-state index in [1.165, 1.54) is 0 Å². The number of aliphatic imine (C=N–C) groups is 1. The van der Waals surface area contributed by atoms with Gasteiger partial charge in [-0.2, -0.15) is 0 Å². The Morgan fingerprint density at radius 2 is 2.25 bits per heavy atom. The molecule has 1 amide bonds. The van der Waals surface area contributed by atoms with Crippen molar-refractivity contribution in [2.45, 2.75) is 69.3 Å². The second-order valence-corrected chi connectivity index (χ2v) is 9.37. The minimum atomic E-state index is 0. The molecule has 28 heavy (non-hydrogen) atoms. The molecule has 9 heteroatoms. The van der Waals surface area contributed by atoms with Gasteiger partial charge in [0.25, 0.3) is 0 Å². The molecule has 3 N–H and O–H groups in total. The first kappa shape index (κ1) is 25.5. The third-order valence-corrected chi connectivity index (χ3v) is 6.42. The molecule has 1 aromatic heterocycles. The average molecular weight is 540 g/mol. The quantitative estimate of drug-likeness (QED) is 0.146. The molecule has 0 bridgehead atoms. The lowest BCUT2D eigenvalue weighted by atomic mass is 9.85. The number of nitrogens with one attached hydrogen (secondary N) is 3. The van der Waals surface area contributed by atoms with E-state index in [0.717, 1.165) is 61.2 Å². The smallest absolute Gasteiger partial charge is 0.223 e. The molecule has 0 spiro atoms. The highest BCUT2D eigenvalue weighted by atomic mass is 127. The molecule has 1 heterocycles.